The monoisotopic (exact) mass is 162 g/mol. The molecule has 0 radical (unpaired) electrons. The van der Waals surface area contributed by atoms with Crippen molar-refractivity contribution in [2.45, 2.75) is 6.92 Å². The molecule has 0 aromatic heterocycles. The molecule has 0 aliphatic heterocycles. The normalized spacial score (nSPS) is 14.5. The van der Waals surface area contributed by atoms with Crippen LogP contribution in [0.4, 0.5) is 0 Å². The predicted octanol–water partition coefficient (Wildman–Crippen LogP) is 0.309. The third-order valence-corrected chi connectivity index (χ3v) is 1.63. The molecule has 0 aromatic rings. The van der Waals surface area contributed by atoms with E-state index in [0.717, 1.165) is 0 Å². The second-order valence-electron chi connectivity index (χ2n) is 1.67. The molecule has 0 bridgehead atoms. The quantitative estimate of drug-likeness (QED) is 0.413. The standard InChI is InChI=1S/C5H10N2O2S/c1-4(6)5(3-7-2)10(8)9/h3,6-7H,1-2H3,(H,8,9)/b5-3+,6-4?. The van der Waals surface area contributed by atoms with E-state index in [-0.39, 0.29) is 10.6 Å². The molecule has 1 atom stereocenters. The molecule has 0 rings (SSSR count). The van der Waals surface area contributed by atoms with Crippen LogP contribution < -0.4 is 5.32 Å². The molecule has 0 spiro atoms. The Labute approximate surface area is 62.1 Å². The first-order chi connectivity index (χ1) is 4.59. The molecule has 0 heterocycles. The van der Waals surface area contributed by atoms with E-state index < -0.39 is 11.1 Å². The summed E-state index contributed by atoms with van der Waals surface area (Å²) in [5.74, 6) is 0. The van der Waals surface area contributed by atoms with E-state index in [1.807, 2.05) is 0 Å². The van der Waals surface area contributed by atoms with Crippen LogP contribution in [0.1, 0.15) is 6.92 Å². The smallest absolute Gasteiger partial charge is 0.189 e. The lowest BCUT2D eigenvalue weighted by molar-refractivity contribution is 0.572. The lowest BCUT2D eigenvalue weighted by atomic mass is 10.4. The van der Waals surface area contributed by atoms with Gasteiger partial charge in [-0.1, -0.05) is 0 Å². The van der Waals surface area contributed by atoms with Gasteiger partial charge in [0.2, 0.25) is 0 Å². The van der Waals surface area contributed by atoms with Crippen LogP contribution in [0.5, 0.6) is 0 Å². The Morgan fingerprint density at radius 2 is 2.30 bits per heavy atom. The fourth-order valence-corrected chi connectivity index (χ4v) is 0.901. The summed E-state index contributed by atoms with van der Waals surface area (Å²) in [6.07, 6.45) is 1.33. The molecule has 1 unspecified atom stereocenters. The zero-order chi connectivity index (χ0) is 8.15. The van der Waals surface area contributed by atoms with Crippen molar-refractivity contribution in [2.24, 2.45) is 0 Å². The summed E-state index contributed by atoms with van der Waals surface area (Å²) in [6.45, 7) is 1.46. The van der Waals surface area contributed by atoms with Crippen molar-refractivity contribution in [1.82, 2.24) is 5.32 Å². The average molecular weight is 162 g/mol. The van der Waals surface area contributed by atoms with E-state index in [9.17, 15) is 4.21 Å². The van der Waals surface area contributed by atoms with Crippen LogP contribution in [0.3, 0.4) is 0 Å². The van der Waals surface area contributed by atoms with Crippen LogP contribution in [0.25, 0.3) is 0 Å². The molecule has 0 fully saturated rings. The Balaban J connectivity index is 4.42. The second kappa shape index (κ2) is 4.19. The van der Waals surface area contributed by atoms with E-state index in [1.54, 1.807) is 7.05 Å². The first-order valence-electron chi connectivity index (χ1n) is 2.63. The highest BCUT2D eigenvalue weighted by atomic mass is 32.2. The lowest BCUT2D eigenvalue weighted by Gasteiger charge is -1.97. The summed E-state index contributed by atoms with van der Waals surface area (Å²) in [4.78, 5) is 0.0995. The number of hydrogen-bond acceptors (Lipinski definition) is 3. The van der Waals surface area contributed by atoms with Crippen LogP contribution in [-0.4, -0.2) is 21.5 Å². The zero-order valence-corrected chi connectivity index (χ0v) is 6.66. The minimum atomic E-state index is -2.06. The summed E-state index contributed by atoms with van der Waals surface area (Å²) in [6, 6.07) is 0. The zero-order valence-electron chi connectivity index (χ0n) is 5.84. The van der Waals surface area contributed by atoms with Gasteiger partial charge >= 0.3 is 0 Å². The summed E-state index contributed by atoms with van der Waals surface area (Å²) in [5.41, 5.74) is 0.0928. The summed E-state index contributed by atoms with van der Waals surface area (Å²) in [5, 5.41) is 9.60. The van der Waals surface area contributed by atoms with Crippen LogP contribution in [0, 0.1) is 5.41 Å². The van der Waals surface area contributed by atoms with Gasteiger partial charge < -0.3 is 15.3 Å². The van der Waals surface area contributed by atoms with Gasteiger partial charge in [0.05, 0.1) is 0 Å². The fourth-order valence-electron chi connectivity index (χ4n) is 0.421. The molecule has 0 aliphatic rings. The highest BCUT2D eigenvalue weighted by Crippen LogP contribution is 1.98. The summed E-state index contributed by atoms with van der Waals surface area (Å²) < 4.78 is 18.9. The van der Waals surface area contributed by atoms with Gasteiger partial charge in [-0.25, -0.2) is 4.21 Å². The van der Waals surface area contributed by atoms with Gasteiger partial charge in [-0.2, -0.15) is 0 Å². The van der Waals surface area contributed by atoms with Gasteiger partial charge in [0.25, 0.3) is 0 Å². The molecule has 4 nitrogen and oxygen atoms in total. The first kappa shape index (κ1) is 9.32. The molecule has 0 aromatic carbocycles. The van der Waals surface area contributed by atoms with Crippen molar-refractivity contribution in [3.63, 3.8) is 0 Å². The first-order valence-corrected chi connectivity index (χ1v) is 3.74. The highest BCUT2D eigenvalue weighted by Gasteiger charge is 2.04. The molecular formula is C5H10N2O2S. The Morgan fingerprint density at radius 3 is 2.40 bits per heavy atom. The number of allylic oxidation sites excluding steroid dienone is 1. The number of hydrogen-bond donors (Lipinski definition) is 3. The minimum Gasteiger partial charge on any atom is -0.393 e. The van der Waals surface area contributed by atoms with E-state index in [0.29, 0.717) is 0 Å². The van der Waals surface area contributed by atoms with E-state index >= 15 is 0 Å². The number of rotatable bonds is 3. The Kier molecular flexibility index (Phi) is 3.90. The van der Waals surface area contributed by atoms with Gasteiger partial charge in [0.15, 0.2) is 11.1 Å². The molecule has 58 valence electrons. The Morgan fingerprint density at radius 1 is 1.80 bits per heavy atom. The number of nitrogens with one attached hydrogen (secondary N) is 2. The summed E-state index contributed by atoms with van der Waals surface area (Å²) >= 11 is -2.06. The van der Waals surface area contributed by atoms with E-state index in [4.69, 9.17) is 9.96 Å². The molecule has 10 heavy (non-hydrogen) atoms. The molecule has 0 saturated heterocycles. The molecular weight excluding hydrogens is 152 g/mol. The SMILES string of the molecule is CN/C=C(\C(C)=N)S(=O)O. The maximum absolute atomic E-state index is 10.4. The molecule has 0 amide bonds. The maximum atomic E-state index is 10.4. The summed E-state index contributed by atoms with van der Waals surface area (Å²) in [7, 11) is 1.61. The van der Waals surface area contributed by atoms with Gasteiger partial charge in [0, 0.05) is 19.0 Å². The van der Waals surface area contributed by atoms with Crippen molar-refractivity contribution in [3.8, 4) is 0 Å². The van der Waals surface area contributed by atoms with Gasteiger partial charge in [0.1, 0.15) is 4.91 Å². The fraction of sp³-hybridized carbons (Fsp3) is 0.400. The van der Waals surface area contributed by atoms with E-state index in [1.165, 1.54) is 13.1 Å². The maximum Gasteiger partial charge on any atom is 0.189 e. The van der Waals surface area contributed by atoms with Crippen LogP contribution in [0.15, 0.2) is 11.1 Å². The lowest BCUT2D eigenvalue weighted by Crippen LogP contribution is -2.07. The largest absolute Gasteiger partial charge is 0.393 e. The third-order valence-electron chi connectivity index (χ3n) is 0.833. The van der Waals surface area contributed by atoms with Crippen LogP contribution in [-0.2, 0) is 11.1 Å². The molecule has 5 heteroatoms. The van der Waals surface area contributed by atoms with Crippen molar-refractivity contribution in [2.75, 3.05) is 7.05 Å². The van der Waals surface area contributed by atoms with Crippen LogP contribution >= 0.6 is 0 Å². The third kappa shape index (κ3) is 2.75. The van der Waals surface area contributed by atoms with Gasteiger partial charge in [-0.15, -0.1) is 0 Å². The topological polar surface area (TPSA) is 73.2 Å². The van der Waals surface area contributed by atoms with E-state index in [2.05, 4.69) is 5.32 Å². The second-order valence-corrected chi connectivity index (χ2v) is 2.61. The average Bonchev–Trinajstić information content (AvgIpc) is 1.81. The molecule has 0 aliphatic carbocycles. The van der Waals surface area contributed by atoms with Crippen molar-refractivity contribution in [1.29, 1.82) is 5.41 Å². The van der Waals surface area contributed by atoms with Crippen molar-refractivity contribution in [3.05, 3.63) is 11.1 Å². The van der Waals surface area contributed by atoms with Crippen molar-refractivity contribution < 1.29 is 8.76 Å². The highest BCUT2D eigenvalue weighted by molar-refractivity contribution is 7.84. The van der Waals surface area contributed by atoms with Gasteiger partial charge in [-0.05, 0) is 6.92 Å². The van der Waals surface area contributed by atoms with Crippen LogP contribution in [0.2, 0.25) is 0 Å². The van der Waals surface area contributed by atoms with Crippen molar-refractivity contribution >= 4 is 16.8 Å². The Hall–Kier alpha value is -0.680. The molecule has 0 saturated carbocycles. The molecule has 3 N–H and O–H groups in total. The Bertz CT molecular complexity index is 172. The minimum absolute atomic E-state index is 0.0928. The predicted molar refractivity (Wildman–Crippen MR) is 41.3 cm³/mol. The van der Waals surface area contributed by atoms with Gasteiger partial charge in [-0.3, -0.25) is 0 Å².